The Morgan fingerprint density at radius 3 is 1.42 bits per heavy atom. The van der Waals surface area contributed by atoms with E-state index in [0.717, 1.165) is 17.9 Å². The van der Waals surface area contributed by atoms with Crippen molar-refractivity contribution in [2.75, 3.05) is 0 Å². The highest BCUT2D eigenvalue weighted by Gasteiger charge is 1.95. The Morgan fingerprint density at radius 1 is 0.917 bits per heavy atom. The van der Waals surface area contributed by atoms with Crippen molar-refractivity contribution in [2.24, 2.45) is 0 Å². The van der Waals surface area contributed by atoms with Gasteiger partial charge in [0.25, 0.3) is 0 Å². The van der Waals surface area contributed by atoms with E-state index in [1.54, 1.807) is 0 Å². The molecule has 0 aromatic rings. The van der Waals surface area contributed by atoms with E-state index >= 15 is 0 Å². The third-order valence-electron chi connectivity index (χ3n) is 1.13. The van der Waals surface area contributed by atoms with Crippen molar-refractivity contribution in [3.8, 4) is 0 Å². The highest BCUT2D eigenvalue weighted by Crippen LogP contribution is 2.12. The zero-order valence-corrected chi connectivity index (χ0v) is 9.27. The molecular formula is C11H22O. The first kappa shape index (κ1) is 13.8. The monoisotopic (exact) mass is 170 g/mol. The molecule has 0 unspecified atom stereocenters. The molecule has 1 nitrogen and oxygen atoms in total. The molecule has 0 amide bonds. The van der Waals surface area contributed by atoms with Crippen LogP contribution in [0.25, 0.3) is 0 Å². The molecule has 0 radical (unpaired) electrons. The summed E-state index contributed by atoms with van der Waals surface area (Å²) in [6, 6.07) is 0. The van der Waals surface area contributed by atoms with Gasteiger partial charge in [-0.25, -0.2) is 0 Å². The second-order valence-electron chi connectivity index (χ2n) is 1.97. The molecule has 1 aliphatic rings. The van der Waals surface area contributed by atoms with Crippen molar-refractivity contribution < 1.29 is 4.74 Å². The summed E-state index contributed by atoms with van der Waals surface area (Å²) in [7, 11) is 0. The van der Waals surface area contributed by atoms with Gasteiger partial charge in [0.1, 0.15) is 0 Å². The number of ether oxygens (including phenoxy) is 1. The molecule has 0 aromatic heterocycles. The van der Waals surface area contributed by atoms with Crippen molar-refractivity contribution in [2.45, 2.75) is 48.0 Å². The summed E-state index contributed by atoms with van der Waals surface area (Å²) < 4.78 is 5.21. The van der Waals surface area contributed by atoms with Gasteiger partial charge >= 0.3 is 0 Å². The second kappa shape index (κ2) is 10.3. The molecule has 0 aromatic carbocycles. The van der Waals surface area contributed by atoms with Gasteiger partial charge in [0.15, 0.2) is 0 Å². The van der Waals surface area contributed by atoms with Crippen LogP contribution in [0.2, 0.25) is 0 Å². The Balaban J connectivity index is 0. The minimum Gasteiger partial charge on any atom is -0.467 e. The predicted molar refractivity (Wildman–Crippen MR) is 55.9 cm³/mol. The topological polar surface area (TPSA) is 9.23 Å². The smallest absolute Gasteiger partial charge is 0.0968 e. The third-order valence-corrected chi connectivity index (χ3v) is 1.13. The Kier molecular flexibility index (Phi) is 11.9. The molecule has 0 aliphatic carbocycles. The highest BCUT2D eigenvalue weighted by molar-refractivity contribution is 5.06. The maximum atomic E-state index is 5.21. The molecule has 1 heteroatoms. The summed E-state index contributed by atoms with van der Waals surface area (Å²) in [5.74, 6) is 2.04. The van der Waals surface area contributed by atoms with E-state index < -0.39 is 0 Å². The highest BCUT2D eigenvalue weighted by atomic mass is 16.5. The summed E-state index contributed by atoms with van der Waals surface area (Å²) in [6.07, 6.45) is 5.15. The molecule has 0 spiro atoms. The SMILES string of the molecule is CC.CC.CC1=CCC=C(C)O1. The Hall–Kier alpha value is -0.720. The molecule has 0 saturated heterocycles. The fraction of sp³-hybridized carbons (Fsp3) is 0.636. The van der Waals surface area contributed by atoms with Crippen LogP contribution in [-0.2, 0) is 4.74 Å². The van der Waals surface area contributed by atoms with Crippen LogP contribution in [-0.4, -0.2) is 0 Å². The molecule has 0 fully saturated rings. The van der Waals surface area contributed by atoms with Crippen LogP contribution in [0.4, 0.5) is 0 Å². The van der Waals surface area contributed by atoms with Gasteiger partial charge in [0, 0.05) is 0 Å². The lowest BCUT2D eigenvalue weighted by atomic mass is 10.3. The lowest BCUT2D eigenvalue weighted by molar-refractivity contribution is 0.300. The molecule has 0 N–H and O–H groups in total. The van der Waals surface area contributed by atoms with Gasteiger partial charge in [-0.2, -0.15) is 0 Å². The summed E-state index contributed by atoms with van der Waals surface area (Å²) in [6.45, 7) is 11.9. The van der Waals surface area contributed by atoms with Crippen LogP contribution in [0.15, 0.2) is 23.7 Å². The van der Waals surface area contributed by atoms with Gasteiger partial charge in [-0.05, 0) is 32.4 Å². The Labute approximate surface area is 77.1 Å². The van der Waals surface area contributed by atoms with E-state index in [2.05, 4.69) is 12.2 Å². The first-order valence-electron chi connectivity index (χ1n) is 4.80. The van der Waals surface area contributed by atoms with Crippen molar-refractivity contribution in [3.63, 3.8) is 0 Å². The molecule has 1 aliphatic heterocycles. The minimum atomic E-state index is 1.02. The van der Waals surface area contributed by atoms with Crippen LogP contribution < -0.4 is 0 Å². The minimum absolute atomic E-state index is 1.02. The summed E-state index contributed by atoms with van der Waals surface area (Å²) in [5, 5.41) is 0. The molecule has 72 valence electrons. The van der Waals surface area contributed by atoms with Crippen molar-refractivity contribution in [1.29, 1.82) is 0 Å². The fourth-order valence-electron chi connectivity index (χ4n) is 0.728. The maximum absolute atomic E-state index is 5.21. The van der Waals surface area contributed by atoms with E-state index in [-0.39, 0.29) is 0 Å². The lowest BCUT2D eigenvalue weighted by Crippen LogP contribution is -1.89. The average molecular weight is 170 g/mol. The van der Waals surface area contributed by atoms with E-state index in [9.17, 15) is 0 Å². The van der Waals surface area contributed by atoms with Crippen LogP contribution in [0.1, 0.15) is 48.0 Å². The van der Waals surface area contributed by atoms with Crippen molar-refractivity contribution in [3.05, 3.63) is 23.7 Å². The van der Waals surface area contributed by atoms with Gasteiger partial charge in [0.2, 0.25) is 0 Å². The van der Waals surface area contributed by atoms with Crippen LogP contribution in [0.5, 0.6) is 0 Å². The van der Waals surface area contributed by atoms with E-state index in [0.29, 0.717) is 0 Å². The van der Waals surface area contributed by atoms with Crippen LogP contribution >= 0.6 is 0 Å². The maximum Gasteiger partial charge on any atom is 0.0968 e. The number of rotatable bonds is 0. The first-order valence-corrected chi connectivity index (χ1v) is 4.80. The first-order chi connectivity index (χ1) is 5.79. The normalized spacial score (nSPS) is 13.5. The number of hydrogen-bond donors (Lipinski definition) is 0. The van der Waals surface area contributed by atoms with Gasteiger partial charge in [-0.15, -0.1) is 0 Å². The van der Waals surface area contributed by atoms with Gasteiger partial charge in [-0.3, -0.25) is 0 Å². The zero-order chi connectivity index (χ0) is 9.98. The number of hydrogen-bond acceptors (Lipinski definition) is 1. The van der Waals surface area contributed by atoms with E-state index in [1.165, 1.54) is 0 Å². The van der Waals surface area contributed by atoms with Crippen molar-refractivity contribution >= 4 is 0 Å². The van der Waals surface area contributed by atoms with Gasteiger partial charge in [0.05, 0.1) is 11.5 Å². The molecule has 0 bridgehead atoms. The van der Waals surface area contributed by atoms with Gasteiger partial charge in [-0.1, -0.05) is 27.7 Å². The summed E-state index contributed by atoms with van der Waals surface area (Å²) >= 11 is 0. The standard InChI is InChI=1S/C7H10O.2C2H6/c1-6-4-3-5-7(2)8-6;2*1-2/h4-5H,3H2,1-2H3;2*1-2H3. The fourth-order valence-corrected chi connectivity index (χ4v) is 0.728. The van der Waals surface area contributed by atoms with Gasteiger partial charge < -0.3 is 4.74 Å². The summed E-state index contributed by atoms with van der Waals surface area (Å²) in [4.78, 5) is 0. The van der Waals surface area contributed by atoms with E-state index in [4.69, 9.17) is 4.74 Å². The predicted octanol–water partition coefficient (Wildman–Crippen LogP) is 4.27. The lowest BCUT2D eigenvalue weighted by Gasteiger charge is -2.08. The average Bonchev–Trinajstić information content (AvgIpc) is 2.11. The van der Waals surface area contributed by atoms with E-state index in [1.807, 2.05) is 41.5 Å². The third kappa shape index (κ3) is 7.39. The van der Waals surface area contributed by atoms with Crippen molar-refractivity contribution in [1.82, 2.24) is 0 Å². The molecule has 1 rings (SSSR count). The summed E-state index contributed by atoms with van der Waals surface area (Å²) in [5.41, 5.74) is 0. The second-order valence-corrected chi connectivity index (χ2v) is 1.97. The zero-order valence-electron chi connectivity index (χ0n) is 9.27. The molecule has 0 atom stereocenters. The molecule has 1 heterocycles. The molecule has 12 heavy (non-hydrogen) atoms. The Morgan fingerprint density at radius 2 is 1.25 bits per heavy atom. The Bertz CT molecular complexity index is 127. The molecule has 0 saturated carbocycles. The largest absolute Gasteiger partial charge is 0.467 e. The quantitative estimate of drug-likeness (QED) is 0.527. The molecular weight excluding hydrogens is 148 g/mol. The van der Waals surface area contributed by atoms with Crippen LogP contribution in [0, 0.1) is 0 Å². The van der Waals surface area contributed by atoms with Crippen LogP contribution in [0.3, 0.4) is 0 Å². The number of allylic oxidation sites excluding steroid dienone is 4.